The van der Waals surface area contributed by atoms with Crippen molar-refractivity contribution >= 4 is 34.4 Å². The highest BCUT2D eigenvalue weighted by Crippen LogP contribution is 2.46. The number of amides is 1. The number of halogens is 1. The number of allylic oxidation sites excluding steroid dienone is 1. The lowest BCUT2D eigenvalue weighted by Crippen LogP contribution is -2.41. The van der Waals surface area contributed by atoms with Crippen LogP contribution in [0.15, 0.2) is 42.6 Å². The molecule has 0 aliphatic heterocycles. The van der Waals surface area contributed by atoms with Crippen molar-refractivity contribution in [1.82, 2.24) is 19.9 Å². The number of carbonyl (C=O) groups is 1. The lowest BCUT2D eigenvalue weighted by Gasteiger charge is -2.28. The van der Waals surface area contributed by atoms with Gasteiger partial charge in [-0.05, 0) is 44.5 Å². The third-order valence-corrected chi connectivity index (χ3v) is 6.77. The first kappa shape index (κ1) is 21.7. The van der Waals surface area contributed by atoms with E-state index in [1.807, 2.05) is 38.4 Å². The zero-order chi connectivity index (χ0) is 23.1. The topological polar surface area (TPSA) is 109 Å². The molecule has 2 bridgehead atoms. The van der Waals surface area contributed by atoms with Crippen LogP contribution in [0.25, 0.3) is 22.6 Å². The molecule has 2 aliphatic carbocycles. The third-order valence-electron chi connectivity index (χ3n) is 6.49. The number of pyridine rings is 1. The number of aromatic nitrogens is 3. The van der Waals surface area contributed by atoms with Crippen LogP contribution >= 0.6 is 11.6 Å². The highest BCUT2D eigenvalue weighted by molar-refractivity contribution is 6.34. The molecule has 0 radical (unpaired) electrons. The maximum atomic E-state index is 12.1. The van der Waals surface area contributed by atoms with E-state index in [1.54, 1.807) is 6.20 Å². The number of benzene rings is 1. The van der Waals surface area contributed by atoms with Crippen LogP contribution in [0.3, 0.4) is 0 Å². The molecule has 1 fully saturated rings. The van der Waals surface area contributed by atoms with E-state index in [0.29, 0.717) is 34.3 Å². The number of aromatic amines is 1. The number of primary amides is 1. The predicted molar refractivity (Wildman–Crippen MR) is 129 cm³/mol. The molecule has 5 rings (SSSR count). The van der Waals surface area contributed by atoms with Gasteiger partial charge in [0.05, 0.1) is 22.8 Å². The summed E-state index contributed by atoms with van der Waals surface area (Å²) in [5.41, 5.74) is 8.55. The van der Waals surface area contributed by atoms with Gasteiger partial charge in [-0.1, -0.05) is 35.9 Å². The monoisotopic (exact) mass is 466 g/mol. The van der Waals surface area contributed by atoms with E-state index in [4.69, 9.17) is 22.1 Å². The van der Waals surface area contributed by atoms with Crippen molar-refractivity contribution < 1.29 is 9.53 Å². The van der Waals surface area contributed by atoms with Crippen molar-refractivity contribution in [3.8, 4) is 17.1 Å². The van der Waals surface area contributed by atoms with Crippen LogP contribution in [-0.2, 0) is 4.79 Å². The van der Waals surface area contributed by atoms with Crippen molar-refractivity contribution in [1.29, 1.82) is 0 Å². The molecule has 172 valence electrons. The van der Waals surface area contributed by atoms with Gasteiger partial charge in [0, 0.05) is 18.2 Å². The summed E-state index contributed by atoms with van der Waals surface area (Å²) in [5.74, 6) is 1.30. The summed E-state index contributed by atoms with van der Waals surface area (Å²) in [6, 6.07) is 7.67. The number of hydrogen-bond acceptors (Lipinski definition) is 6. The normalized spacial score (nSPS) is 23.5. The highest BCUT2D eigenvalue weighted by Gasteiger charge is 2.47. The molecule has 2 heterocycles. The maximum absolute atomic E-state index is 12.1. The number of ether oxygens (including phenoxy) is 1. The summed E-state index contributed by atoms with van der Waals surface area (Å²) in [7, 11) is 4.02. The molecular formula is C24H27ClN6O2. The van der Waals surface area contributed by atoms with Crippen LogP contribution in [0.4, 0.5) is 5.69 Å². The largest absolute Gasteiger partial charge is 0.492 e. The molecule has 1 amide bonds. The van der Waals surface area contributed by atoms with Gasteiger partial charge >= 0.3 is 0 Å². The first-order chi connectivity index (χ1) is 15.9. The number of likely N-dealkylation sites (N-methyl/N-ethyl adjacent to an activating group) is 1. The van der Waals surface area contributed by atoms with E-state index >= 15 is 0 Å². The summed E-state index contributed by atoms with van der Waals surface area (Å²) in [6.45, 7) is 1.43. The Bertz CT molecular complexity index is 1220. The number of hydrogen-bond donors (Lipinski definition) is 3. The summed E-state index contributed by atoms with van der Waals surface area (Å²) < 4.78 is 5.86. The average molecular weight is 467 g/mol. The van der Waals surface area contributed by atoms with Crippen LogP contribution in [0.1, 0.15) is 6.42 Å². The van der Waals surface area contributed by atoms with E-state index in [0.717, 1.165) is 24.3 Å². The molecule has 4 N–H and O–H groups in total. The van der Waals surface area contributed by atoms with E-state index in [9.17, 15) is 4.79 Å². The Morgan fingerprint density at radius 2 is 2.15 bits per heavy atom. The molecule has 0 unspecified atom stereocenters. The molecule has 0 spiro atoms. The second-order valence-electron chi connectivity index (χ2n) is 8.99. The summed E-state index contributed by atoms with van der Waals surface area (Å²) in [4.78, 5) is 26.7. The Kier molecular flexibility index (Phi) is 5.72. The van der Waals surface area contributed by atoms with E-state index < -0.39 is 0 Å². The Morgan fingerprint density at radius 3 is 2.94 bits per heavy atom. The minimum absolute atomic E-state index is 0.110. The molecule has 1 saturated carbocycles. The fraction of sp³-hybridized carbons (Fsp3) is 0.375. The molecule has 9 heteroatoms. The van der Waals surface area contributed by atoms with Gasteiger partial charge in [-0.15, -0.1) is 0 Å². The Balaban J connectivity index is 1.45. The molecule has 8 nitrogen and oxygen atoms in total. The van der Waals surface area contributed by atoms with E-state index in [1.165, 1.54) is 0 Å². The van der Waals surface area contributed by atoms with E-state index in [-0.39, 0.29) is 29.7 Å². The van der Waals surface area contributed by atoms with Crippen molar-refractivity contribution in [3.05, 3.63) is 47.6 Å². The van der Waals surface area contributed by atoms with Gasteiger partial charge in [-0.3, -0.25) is 4.79 Å². The lowest BCUT2D eigenvalue weighted by molar-refractivity contribution is -0.122. The van der Waals surface area contributed by atoms with Gasteiger partial charge < -0.3 is 25.7 Å². The molecule has 0 saturated heterocycles. The number of imidazole rings is 1. The smallest absolute Gasteiger partial charge is 0.223 e. The molecule has 3 aromatic rings. The van der Waals surface area contributed by atoms with Crippen LogP contribution in [0, 0.1) is 17.8 Å². The van der Waals surface area contributed by atoms with Gasteiger partial charge in [0.25, 0.3) is 0 Å². The number of carbonyl (C=O) groups excluding carboxylic acids is 1. The fourth-order valence-electron chi connectivity index (χ4n) is 4.86. The number of nitrogens with zero attached hydrogens (tertiary/aromatic N) is 3. The number of rotatable bonds is 8. The minimum Gasteiger partial charge on any atom is -0.492 e. The van der Waals surface area contributed by atoms with Gasteiger partial charge in [-0.2, -0.15) is 0 Å². The highest BCUT2D eigenvalue weighted by atomic mass is 35.5. The standard InChI is InChI=1S/C24H27ClN6O2/c1-31(2)8-9-33-16-5-3-4-15(11-16)23-29-21-20(17(25)12-27-24(21)30-23)28-19-14-7-6-13(10-14)18(19)22(26)32/h3-7,11-14,18-19H,8-10H2,1-2H3,(H2,26,32)(H2,27,28,29,30)/t13-,14+,18+,19-/m1/s1. The number of anilines is 1. The van der Waals surface area contributed by atoms with Crippen LogP contribution in [0.2, 0.25) is 5.02 Å². The first-order valence-electron chi connectivity index (χ1n) is 11.1. The number of H-pyrrole nitrogens is 1. The molecule has 4 atom stereocenters. The number of fused-ring (bicyclic) bond motifs is 3. The molecule has 33 heavy (non-hydrogen) atoms. The van der Waals surface area contributed by atoms with E-state index in [2.05, 4.69) is 37.3 Å². The molecular weight excluding hydrogens is 440 g/mol. The van der Waals surface area contributed by atoms with Gasteiger partial charge in [0.1, 0.15) is 23.7 Å². The van der Waals surface area contributed by atoms with Crippen molar-refractivity contribution in [2.75, 3.05) is 32.6 Å². The summed E-state index contributed by atoms with van der Waals surface area (Å²) in [5, 5.41) is 3.97. The van der Waals surface area contributed by atoms with Crippen LogP contribution in [-0.4, -0.2) is 59.0 Å². The summed E-state index contributed by atoms with van der Waals surface area (Å²) in [6.07, 6.45) is 6.77. The van der Waals surface area contributed by atoms with Gasteiger partial charge in [-0.25, -0.2) is 9.97 Å². The second kappa shape index (κ2) is 8.68. The van der Waals surface area contributed by atoms with Gasteiger partial charge in [0.15, 0.2) is 5.65 Å². The zero-order valence-electron chi connectivity index (χ0n) is 18.6. The fourth-order valence-corrected chi connectivity index (χ4v) is 5.06. The average Bonchev–Trinajstić information content (AvgIpc) is 3.50. The third kappa shape index (κ3) is 4.16. The molecule has 2 aromatic heterocycles. The molecule has 1 aromatic carbocycles. The van der Waals surface area contributed by atoms with Crippen LogP contribution < -0.4 is 15.8 Å². The molecule has 2 aliphatic rings. The maximum Gasteiger partial charge on any atom is 0.223 e. The Hall–Kier alpha value is -3.10. The number of nitrogens with one attached hydrogen (secondary N) is 2. The van der Waals surface area contributed by atoms with Crippen LogP contribution in [0.5, 0.6) is 5.75 Å². The van der Waals surface area contributed by atoms with Crippen molar-refractivity contribution in [2.45, 2.75) is 12.5 Å². The predicted octanol–water partition coefficient (Wildman–Crippen LogP) is 3.31. The Labute approximate surface area is 197 Å². The quantitative estimate of drug-likeness (QED) is 0.439. The first-order valence-corrected chi connectivity index (χ1v) is 11.4. The van der Waals surface area contributed by atoms with Crippen molar-refractivity contribution in [3.63, 3.8) is 0 Å². The van der Waals surface area contributed by atoms with Gasteiger partial charge in [0.2, 0.25) is 5.91 Å². The van der Waals surface area contributed by atoms with Crippen molar-refractivity contribution in [2.24, 2.45) is 23.5 Å². The number of nitrogens with two attached hydrogens (primary N) is 1. The minimum atomic E-state index is -0.290. The Morgan fingerprint density at radius 1 is 1.33 bits per heavy atom. The lowest BCUT2D eigenvalue weighted by atomic mass is 9.88. The SMILES string of the molecule is CN(C)CCOc1cccc(-c2nc3ncc(Cl)c(N[C@H]4[C@@H](C(N)=O)[C@@H]5C=C[C@H]4C5)c3[nH]2)c1. The summed E-state index contributed by atoms with van der Waals surface area (Å²) >= 11 is 6.54. The zero-order valence-corrected chi connectivity index (χ0v) is 19.3. The second-order valence-corrected chi connectivity index (χ2v) is 9.40.